The fourth-order valence-electron chi connectivity index (χ4n) is 4.13. The van der Waals surface area contributed by atoms with Gasteiger partial charge in [-0.15, -0.1) is 0 Å². The lowest BCUT2D eigenvalue weighted by Crippen LogP contribution is -2.30. The lowest BCUT2D eigenvalue weighted by Gasteiger charge is -2.26. The van der Waals surface area contributed by atoms with Crippen LogP contribution in [0.2, 0.25) is 5.02 Å². The van der Waals surface area contributed by atoms with Gasteiger partial charge in [0.2, 0.25) is 0 Å². The molecule has 0 aliphatic heterocycles. The quantitative estimate of drug-likeness (QED) is 0.463. The molecule has 0 spiro atoms. The highest BCUT2D eigenvalue weighted by atomic mass is 35.5. The molecule has 0 amide bonds. The van der Waals surface area contributed by atoms with Crippen LogP contribution in [-0.2, 0) is 19.3 Å². The number of ether oxygens (including phenoxy) is 2. The first-order valence-electron chi connectivity index (χ1n) is 10.4. The largest absolute Gasteiger partial charge is 0.493 e. The number of rotatable bonds is 9. The molecule has 2 aromatic rings. The topological polar surface area (TPSA) is 50.7 Å². The third kappa shape index (κ3) is 6.11. The Kier molecular flexibility index (Phi) is 7.82. The highest BCUT2D eigenvalue weighted by Crippen LogP contribution is 2.37. The first-order chi connectivity index (χ1) is 14.0. The van der Waals surface area contributed by atoms with Crippen molar-refractivity contribution in [1.82, 2.24) is 5.32 Å². The molecule has 0 fully saturated rings. The van der Waals surface area contributed by atoms with Crippen molar-refractivity contribution in [2.75, 3.05) is 27.3 Å². The lowest BCUT2D eigenvalue weighted by atomic mass is 9.89. The van der Waals surface area contributed by atoms with Crippen molar-refractivity contribution in [3.8, 4) is 11.5 Å². The predicted molar refractivity (Wildman–Crippen MR) is 118 cm³/mol. The Hall–Kier alpha value is -1.75. The molecule has 2 aromatic carbocycles. The van der Waals surface area contributed by atoms with Crippen LogP contribution in [0, 0.1) is 0 Å². The van der Waals surface area contributed by atoms with Crippen LogP contribution < -0.4 is 14.8 Å². The number of aryl methyl sites for hydroxylation is 2. The molecular formula is C24H32ClNO3. The van der Waals surface area contributed by atoms with Gasteiger partial charge in [-0.1, -0.05) is 23.7 Å². The molecule has 0 bridgehead atoms. The third-order valence-corrected chi connectivity index (χ3v) is 6.14. The highest BCUT2D eigenvalue weighted by Gasteiger charge is 2.29. The summed E-state index contributed by atoms with van der Waals surface area (Å²) in [7, 11) is 3.33. The van der Waals surface area contributed by atoms with Crippen LogP contribution in [0.5, 0.6) is 11.5 Å². The first kappa shape index (κ1) is 21.9. The van der Waals surface area contributed by atoms with E-state index in [-0.39, 0.29) is 0 Å². The number of nitrogens with one attached hydrogen (secondary N) is 1. The summed E-state index contributed by atoms with van der Waals surface area (Å²) < 4.78 is 10.9. The van der Waals surface area contributed by atoms with Gasteiger partial charge in [0.1, 0.15) is 0 Å². The van der Waals surface area contributed by atoms with Gasteiger partial charge in [0.25, 0.3) is 0 Å². The van der Waals surface area contributed by atoms with Crippen molar-refractivity contribution in [3.05, 3.63) is 58.1 Å². The number of benzene rings is 2. The molecule has 5 heteroatoms. The Balaban J connectivity index is 1.44. The van der Waals surface area contributed by atoms with Gasteiger partial charge in [-0.05, 0) is 99.0 Å². The van der Waals surface area contributed by atoms with Crippen molar-refractivity contribution in [1.29, 1.82) is 0 Å². The monoisotopic (exact) mass is 417 g/mol. The van der Waals surface area contributed by atoms with Gasteiger partial charge in [0, 0.05) is 5.02 Å². The number of aliphatic hydroxyl groups is 1. The van der Waals surface area contributed by atoms with E-state index in [9.17, 15) is 5.11 Å². The molecule has 29 heavy (non-hydrogen) atoms. The summed E-state index contributed by atoms with van der Waals surface area (Å²) in [4.78, 5) is 0. The molecule has 0 saturated carbocycles. The standard InChI is InChI=1S/C24H32ClNO3/c1-28-22-16-19-7-11-24(27,12-8-20(19)17-23(22)29-2)10-4-13-26-14-9-18-5-3-6-21(25)15-18/h3,5-6,15-17,26-27H,4,7-14H2,1-2H3. The van der Waals surface area contributed by atoms with Crippen LogP contribution in [0.15, 0.2) is 36.4 Å². The molecule has 0 aromatic heterocycles. The molecule has 158 valence electrons. The Morgan fingerprint density at radius 2 is 1.66 bits per heavy atom. The number of hydrogen-bond acceptors (Lipinski definition) is 4. The molecule has 0 radical (unpaired) electrons. The Bertz CT molecular complexity index is 774. The van der Waals surface area contributed by atoms with E-state index in [1.165, 1.54) is 16.7 Å². The second kappa shape index (κ2) is 10.3. The molecular weight excluding hydrogens is 386 g/mol. The Morgan fingerprint density at radius 1 is 1.00 bits per heavy atom. The minimum Gasteiger partial charge on any atom is -0.493 e. The van der Waals surface area contributed by atoms with E-state index < -0.39 is 5.60 Å². The minimum absolute atomic E-state index is 0.603. The maximum Gasteiger partial charge on any atom is 0.161 e. The van der Waals surface area contributed by atoms with Crippen molar-refractivity contribution >= 4 is 11.6 Å². The zero-order chi connectivity index (χ0) is 20.7. The summed E-state index contributed by atoms with van der Waals surface area (Å²) in [6.07, 6.45) is 6.07. The molecule has 4 nitrogen and oxygen atoms in total. The molecule has 2 N–H and O–H groups in total. The molecule has 0 heterocycles. The van der Waals surface area contributed by atoms with Crippen molar-refractivity contribution in [2.45, 2.75) is 50.5 Å². The van der Waals surface area contributed by atoms with Gasteiger partial charge in [-0.25, -0.2) is 0 Å². The van der Waals surface area contributed by atoms with Crippen LogP contribution in [-0.4, -0.2) is 38.0 Å². The summed E-state index contributed by atoms with van der Waals surface area (Å²) in [5, 5.41) is 15.4. The van der Waals surface area contributed by atoms with E-state index in [2.05, 4.69) is 23.5 Å². The van der Waals surface area contributed by atoms with E-state index in [1.807, 2.05) is 18.2 Å². The zero-order valence-corrected chi connectivity index (χ0v) is 18.2. The average Bonchev–Trinajstić information content (AvgIpc) is 2.88. The maximum atomic E-state index is 11.1. The van der Waals surface area contributed by atoms with Crippen LogP contribution in [0.25, 0.3) is 0 Å². The fraction of sp³-hybridized carbons (Fsp3) is 0.500. The first-order valence-corrected chi connectivity index (χ1v) is 10.8. The van der Waals surface area contributed by atoms with E-state index >= 15 is 0 Å². The van der Waals surface area contributed by atoms with Gasteiger partial charge < -0.3 is 19.9 Å². The van der Waals surface area contributed by atoms with Crippen LogP contribution in [0.4, 0.5) is 0 Å². The van der Waals surface area contributed by atoms with E-state index in [0.717, 1.165) is 74.6 Å². The molecule has 1 aliphatic carbocycles. The fourth-order valence-corrected chi connectivity index (χ4v) is 4.34. The van der Waals surface area contributed by atoms with Crippen LogP contribution >= 0.6 is 11.6 Å². The smallest absolute Gasteiger partial charge is 0.161 e. The van der Waals surface area contributed by atoms with Gasteiger partial charge in [0.15, 0.2) is 11.5 Å². The van der Waals surface area contributed by atoms with E-state index in [1.54, 1.807) is 14.2 Å². The normalized spacial score (nSPS) is 15.4. The van der Waals surface area contributed by atoms with Gasteiger partial charge >= 0.3 is 0 Å². The van der Waals surface area contributed by atoms with Gasteiger partial charge in [-0.3, -0.25) is 0 Å². The molecule has 0 unspecified atom stereocenters. The number of fused-ring (bicyclic) bond motifs is 1. The molecule has 0 saturated heterocycles. The molecule has 3 rings (SSSR count). The number of hydrogen-bond donors (Lipinski definition) is 2. The summed E-state index contributed by atoms with van der Waals surface area (Å²) in [5.74, 6) is 1.53. The van der Waals surface area contributed by atoms with Crippen molar-refractivity contribution in [2.24, 2.45) is 0 Å². The lowest BCUT2D eigenvalue weighted by molar-refractivity contribution is 0.0155. The Labute approximate surface area is 179 Å². The van der Waals surface area contributed by atoms with Crippen LogP contribution in [0.3, 0.4) is 0 Å². The predicted octanol–water partition coefficient (Wildman–Crippen LogP) is 4.58. The zero-order valence-electron chi connectivity index (χ0n) is 17.5. The van der Waals surface area contributed by atoms with E-state index in [0.29, 0.717) is 0 Å². The van der Waals surface area contributed by atoms with Crippen molar-refractivity contribution < 1.29 is 14.6 Å². The van der Waals surface area contributed by atoms with Crippen molar-refractivity contribution in [3.63, 3.8) is 0 Å². The molecule has 1 aliphatic rings. The Morgan fingerprint density at radius 3 is 2.24 bits per heavy atom. The average molecular weight is 418 g/mol. The second-order valence-electron chi connectivity index (χ2n) is 7.93. The van der Waals surface area contributed by atoms with Gasteiger partial charge in [-0.2, -0.15) is 0 Å². The summed E-state index contributed by atoms with van der Waals surface area (Å²) in [6.45, 7) is 1.83. The molecule has 0 atom stereocenters. The highest BCUT2D eigenvalue weighted by molar-refractivity contribution is 6.30. The number of halogens is 1. The SMILES string of the molecule is COc1cc2c(cc1OC)CCC(O)(CCCNCCc1cccc(Cl)c1)CC2. The van der Waals surface area contributed by atoms with Gasteiger partial charge in [0.05, 0.1) is 19.8 Å². The van der Waals surface area contributed by atoms with Crippen LogP contribution in [0.1, 0.15) is 42.4 Å². The minimum atomic E-state index is -0.603. The maximum absolute atomic E-state index is 11.1. The summed E-state index contributed by atoms with van der Waals surface area (Å²) >= 11 is 6.03. The van der Waals surface area contributed by atoms with E-state index in [4.69, 9.17) is 21.1 Å². The summed E-state index contributed by atoms with van der Waals surface area (Å²) in [6, 6.07) is 12.1. The second-order valence-corrected chi connectivity index (χ2v) is 8.37. The summed E-state index contributed by atoms with van der Waals surface area (Å²) in [5.41, 5.74) is 3.17. The third-order valence-electron chi connectivity index (χ3n) is 5.90. The number of methoxy groups -OCH3 is 2.